The van der Waals surface area contributed by atoms with Crippen molar-refractivity contribution in [3.8, 4) is 6.07 Å². The van der Waals surface area contributed by atoms with Crippen molar-refractivity contribution in [1.29, 1.82) is 5.26 Å². The molecular weight excluding hydrogens is 559 g/mol. The summed E-state index contributed by atoms with van der Waals surface area (Å²) in [7, 11) is 0. The number of furan rings is 1. The zero-order chi connectivity index (χ0) is 20.3. The van der Waals surface area contributed by atoms with Crippen molar-refractivity contribution < 1.29 is 18.7 Å². The van der Waals surface area contributed by atoms with Crippen LogP contribution < -0.4 is 5.32 Å². The van der Waals surface area contributed by atoms with Crippen LogP contribution in [-0.2, 0) is 22.4 Å². The van der Waals surface area contributed by atoms with Gasteiger partial charge in [0.2, 0.25) is 0 Å². The fourth-order valence-electron chi connectivity index (χ4n) is 2.97. The molecule has 1 aliphatic rings. The molecule has 9 heteroatoms. The van der Waals surface area contributed by atoms with E-state index in [1.165, 1.54) is 17.4 Å². The molecule has 0 bridgehead atoms. The quantitative estimate of drug-likeness (QED) is 0.226. The maximum atomic E-state index is 12.7. The molecule has 0 saturated carbocycles. The van der Waals surface area contributed by atoms with E-state index in [4.69, 9.17) is 9.15 Å². The number of fused-ring (bicyclic) bond motifs is 1. The summed E-state index contributed by atoms with van der Waals surface area (Å²) in [5.74, 6) is -0.641. The van der Waals surface area contributed by atoms with Crippen LogP contribution in [0.4, 0.5) is 5.00 Å². The average molecular weight is 575 g/mol. The Balaban J connectivity index is 1.91. The van der Waals surface area contributed by atoms with Gasteiger partial charge in [0.05, 0.1) is 16.6 Å². The number of halogens is 2. The number of hydrogen-bond donors (Lipinski definition) is 1. The fourth-order valence-corrected chi connectivity index (χ4v) is 4.96. The number of amides is 1. The summed E-state index contributed by atoms with van der Waals surface area (Å²) >= 11 is 6.72. The van der Waals surface area contributed by atoms with Crippen molar-refractivity contribution in [1.82, 2.24) is 0 Å². The summed E-state index contributed by atoms with van der Waals surface area (Å²) in [4.78, 5) is 26.3. The second-order valence-corrected chi connectivity index (χ2v) is 8.97. The monoisotopic (exact) mass is 574 g/mol. The number of carbonyl (C=O) groups is 2. The number of nitriles is 1. The maximum absolute atomic E-state index is 12.7. The van der Waals surface area contributed by atoms with Gasteiger partial charge in [-0.2, -0.15) is 5.26 Å². The number of carbonyl (C=O) groups excluding carboxylic acids is 2. The molecule has 0 radical (unpaired) electrons. The third-order valence-electron chi connectivity index (χ3n) is 4.19. The topological polar surface area (TPSA) is 92.3 Å². The molecule has 1 N–H and O–H groups in total. The SMILES string of the molecule is CCOC(=O)c1c(NC(=O)/C(C#N)=C/c2cc(Br)c(I)o2)sc2c1CCCC2. The lowest BCUT2D eigenvalue weighted by Crippen LogP contribution is -2.16. The summed E-state index contributed by atoms with van der Waals surface area (Å²) in [5.41, 5.74) is 1.26. The van der Waals surface area contributed by atoms with E-state index >= 15 is 0 Å². The highest BCUT2D eigenvalue weighted by atomic mass is 127. The van der Waals surface area contributed by atoms with Crippen LogP contribution in [0.3, 0.4) is 0 Å². The van der Waals surface area contributed by atoms with Crippen molar-refractivity contribution >= 4 is 72.8 Å². The predicted molar refractivity (Wildman–Crippen MR) is 118 cm³/mol. The highest BCUT2D eigenvalue weighted by Crippen LogP contribution is 2.38. The lowest BCUT2D eigenvalue weighted by molar-refractivity contribution is -0.112. The zero-order valence-corrected chi connectivity index (χ0v) is 19.5. The van der Waals surface area contributed by atoms with Crippen LogP contribution >= 0.6 is 49.9 Å². The van der Waals surface area contributed by atoms with Crippen molar-refractivity contribution in [2.24, 2.45) is 0 Å². The molecule has 6 nitrogen and oxygen atoms in total. The second-order valence-electron chi connectivity index (χ2n) is 6.03. The molecule has 0 aromatic carbocycles. The Hall–Kier alpha value is -1.64. The summed E-state index contributed by atoms with van der Waals surface area (Å²) in [6, 6.07) is 3.58. The molecule has 0 spiro atoms. The first-order valence-corrected chi connectivity index (χ1v) is 11.3. The van der Waals surface area contributed by atoms with Gasteiger partial charge in [0.1, 0.15) is 22.4 Å². The van der Waals surface area contributed by atoms with Crippen molar-refractivity contribution in [2.45, 2.75) is 32.6 Å². The van der Waals surface area contributed by atoms with Gasteiger partial charge in [-0.25, -0.2) is 4.79 Å². The molecule has 2 aromatic heterocycles. The van der Waals surface area contributed by atoms with E-state index in [1.54, 1.807) is 13.0 Å². The zero-order valence-electron chi connectivity index (χ0n) is 14.9. The van der Waals surface area contributed by atoms with Crippen LogP contribution in [0.1, 0.15) is 46.3 Å². The Kier molecular flexibility index (Phi) is 6.95. The summed E-state index contributed by atoms with van der Waals surface area (Å²) in [5, 5.41) is 12.6. The minimum atomic E-state index is -0.589. The molecule has 3 rings (SSSR count). The predicted octanol–water partition coefficient (Wildman–Crippen LogP) is 5.31. The smallest absolute Gasteiger partial charge is 0.341 e. The third kappa shape index (κ3) is 4.50. The van der Waals surface area contributed by atoms with Gasteiger partial charge in [0, 0.05) is 33.5 Å². The molecule has 0 unspecified atom stereocenters. The van der Waals surface area contributed by atoms with Gasteiger partial charge >= 0.3 is 5.97 Å². The molecule has 0 aliphatic heterocycles. The summed E-state index contributed by atoms with van der Waals surface area (Å²) in [6.45, 7) is 2.00. The highest BCUT2D eigenvalue weighted by molar-refractivity contribution is 14.1. The lowest BCUT2D eigenvalue weighted by atomic mass is 9.95. The Labute approximate surface area is 188 Å². The number of nitrogens with one attached hydrogen (secondary N) is 1. The Bertz CT molecular complexity index is 983. The van der Waals surface area contributed by atoms with Gasteiger partial charge in [0.15, 0.2) is 3.77 Å². The molecule has 28 heavy (non-hydrogen) atoms. The van der Waals surface area contributed by atoms with E-state index in [9.17, 15) is 14.9 Å². The van der Waals surface area contributed by atoms with Crippen LogP contribution in [0.5, 0.6) is 0 Å². The van der Waals surface area contributed by atoms with Gasteiger partial charge < -0.3 is 14.5 Å². The number of hydrogen-bond acceptors (Lipinski definition) is 6. The first kappa shape index (κ1) is 21.1. The highest BCUT2D eigenvalue weighted by Gasteiger charge is 2.27. The average Bonchev–Trinajstić information content (AvgIpc) is 3.18. The van der Waals surface area contributed by atoms with Gasteiger partial charge in [-0.15, -0.1) is 11.3 Å². The van der Waals surface area contributed by atoms with Gasteiger partial charge in [-0.05, 0) is 60.2 Å². The standard InChI is InChI=1S/C19H16BrIN2O4S/c1-2-26-19(25)15-12-5-3-4-6-14(12)28-18(15)23-17(24)10(9-22)7-11-8-13(20)16(21)27-11/h7-8H,2-6H2,1H3,(H,23,24)/b10-7+. The molecule has 2 aromatic rings. The molecule has 1 aliphatic carbocycles. The Morgan fingerprint density at radius 2 is 2.21 bits per heavy atom. The first-order valence-electron chi connectivity index (χ1n) is 8.64. The van der Waals surface area contributed by atoms with E-state index in [0.29, 0.717) is 20.1 Å². The minimum Gasteiger partial charge on any atom is -0.462 e. The summed E-state index contributed by atoms with van der Waals surface area (Å²) < 4.78 is 12.0. The van der Waals surface area contributed by atoms with Crippen molar-refractivity contribution in [3.63, 3.8) is 0 Å². The number of aryl methyl sites for hydroxylation is 1. The van der Waals surface area contributed by atoms with Crippen LogP contribution in [0.2, 0.25) is 0 Å². The minimum absolute atomic E-state index is 0.112. The number of esters is 1. The van der Waals surface area contributed by atoms with Crippen LogP contribution in [0.25, 0.3) is 6.08 Å². The molecule has 1 amide bonds. The molecule has 0 atom stereocenters. The number of anilines is 1. The number of nitrogens with zero attached hydrogens (tertiary/aromatic N) is 1. The number of thiophene rings is 1. The van der Waals surface area contributed by atoms with E-state index < -0.39 is 11.9 Å². The van der Waals surface area contributed by atoms with E-state index in [-0.39, 0.29) is 12.2 Å². The van der Waals surface area contributed by atoms with E-state index in [2.05, 4.69) is 21.2 Å². The lowest BCUT2D eigenvalue weighted by Gasteiger charge is -2.12. The fraction of sp³-hybridized carbons (Fsp3) is 0.316. The Morgan fingerprint density at radius 3 is 2.86 bits per heavy atom. The van der Waals surface area contributed by atoms with Gasteiger partial charge in [-0.1, -0.05) is 0 Å². The number of rotatable bonds is 5. The van der Waals surface area contributed by atoms with Gasteiger partial charge in [-0.3, -0.25) is 4.79 Å². The molecule has 2 heterocycles. The van der Waals surface area contributed by atoms with Crippen LogP contribution in [0, 0.1) is 15.1 Å². The Morgan fingerprint density at radius 1 is 1.46 bits per heavy atom. The molecule has 0 saturated heterocycles. The number of ether oxygens (including phenoxy) is 1. The van der Waals surface area contributed by atoms with Crippen molar-refractivity contribution in [3.05, 3.63) is 41.6 Å². The first-order chi connectivity index (χ1) is 13.4. The van der Waals surface area contributed by atoms with Crippen molar-refractivity contribution in [2.75, 3.05) is 11.9 Å². The maximum Gasteiger partial charge on any atom is 0.341 e. The van der Waals surface area contributed by atoms with E-state index in [1.807, 2.05) is 28.7 Å². The van der Waals surface area contributed by atoms with Crippen LogP contribution in [0.15, 0.2) is 20.5 Å². The van der Waals surface area contributed by atoms with Crippen LogP contribution in [-0.4, -0.2) is 18.5 Å². The second kappa shape index (κ2) is 9.24. The molecule has 146 valence electrons. The molecule has 0 fully saturated rings. The largest absolute Gasteiger partial charge is 0.462 e. The summed E-state index contributed by atoms with van der Waals surface area (Å²) in [6.07, 6.45) is 5.09. The molecular formula is C19H16BrIN2O4S. The van der Waals surface area contributed by atoms with E-state index in [0.717, 1.165) is 40.6 Å². The van der Waals surface area contributed by atoms with Gasteiger partial charge in [0.25, 0.3) is 5.91 Å². The normalized spacial score (nSPS) is 13.6. The third-order valence-corrected chi connectivity index (χ3v) is 7.53.